The van der Waals surface area contributed by atoms with Gasteiger partial charge in [-0.25, -0.2) is 0 Å². The number of aliphatic hydroxyl groups is 2. The molecule has 0 fully saturated rings. The number of hydrogen-bond acceptors (Lipinski definition) is 3. The lowest BCUT2D eigenvalue weighted by Crippen LogP contribution is -2.42. The zero-order valence-corrected chi connectivity index (χ0v) is 10.1. The second-order valence-corrected chi connectivity index (χ2v) is 5.05. The minimum absolute atomic E-state index is 0.0581. The van der Waals surface area contributed by atoms with E-state index in [-0.39, 0.29) is 5.54 Å². The lowest BCUT2D eigenvalue weighted by Gasteiger charge is -2.25. The Hall–Kier alpha value is -0.900. The lowest BCUT2D eigenvalue weighted by atomic mass is 10.0. The highest BCUT2D eigenvalue weighted by Gasteiger charge is 2.20. The van der Waals surface area contributed by atoms with Crippen LogP contribution in [-0.4, -0.2) is 28.4 Å². The summed E-state index contributed by atoms with van der Waals surface area (Å²) >= 11 is 0. The average molecular weight is 223 g/mol. The molecule has 0 aliphatic rings. The third-order valence-electron chi connectivity index (χ3n) is 2.35. The molecule has 3 nitrogen and oxygen atoms in total. The summed E-state index contributed by atoms with van der Waals surface area (Å²) in [4.78, 5) is 0. The summed E-state index contributed by atoms with van der Waals surface area (Å²) in [7, 11) is 0. The van der Waals surface area contributed by atoms with Crippen molar-refractivity contribution in [3.05, 3.63) is 35.9 Å². The topological polar surface area (TPSA) is 52.5 Å². The van der Waals surface area contributed by atoms with Crippen LogP contribution in [0.25, 0.3) is 0 Å². The Morgan fingerprint density at radius 3 is 2.19 bits per heavy atom. The van der Waals surface area contributed by atoms with Crippen LogP contribution in [0.1, 0.15) is 32.4 Å². The van der Waals surface area contributed by atoms with Crippen molar-refractivity contribution in [2.75, 3.05) is 6.54 Å². The molecule has 0 saturated carbocycles. The molecule has 1 aromatic carbocycles. The number of rotatable bonds is 4. The van der Waals surface area contributed by atoms with Gasteiger partial charge in [0, 0.05) is 12.1 Å². The summed E-state index contributed by atoms with van der Waals surface area (Å²) in [6.07, 6.45) is -1.63. The molecule has 1 aromatic rings. The second kappa shape index (κ2) is 5.43. The minimum Gasteiger partial charge on any atom is -0.389 e. The quantitative estimate of drug-likeness (QED) is 0.724. The molecule has 0 bridgehead atoms. The van der Waals surface area contributed by atoms with Gasteiger partial charge in [-0.3, -0.25) is 0 Å². The molecule has 3 heteroatoms. The Morgan fingerprint density at radius 2 is 1.69 bits per heavy atom. The van der Waals surface area contributed by atoms with Gasteiger partial charge in [-0.15, -0.1) is 0 Å². The van der Waals surface area contributed by atoms with Gasteiger partial charge in [-0.2, -0.15) is 0 Å². The molecule has 0 radical (unpaired) electrons. The zero-order chi connectivity index (χ0) is 12.2. The first-order valence-electron chi connectivity index (χ1n) is 5.56. The molecule has 3 N–H and O–H groups in total. The molecule has 0 aliphatic heterocycles. The van der Waals surface area contributed by atoms with E-state index < -0.39 is 12.2 Å². The van der Waals surface area contributed by atoms with E-state index in [1.165, 1.54) is 0 Å². The Bertz CT molecular complexity index is 305. The molecular weight excluding hydrogens is 202 g/mol. The molecule has 0 saturated heterocycles. The maximum absolute atomic E-state index is 9.90. The molecule has 2 unspecified atom stereocenters. The molecule has 0 aromatic heterocycles. The van der Waals surface area contributed by atoms with E-state index in [0.717, 1.165) is 5.56 Å². The molecule has 90 valence electrons. The van der Waals surface area contributed by atoms with Crippen molar-refractivity contribution in [2.45, 2.75) is 38.5 Å². The van der Waals surface area contributed by atoms with Gasteiger partial charge in [0.25, 0.3) is 0 Å². The highest BCUT2D eigenvalue weighted by Crippen LogP contribution is 2.16. The van der Waals surface area contributed by atoms with Crippen molar-refractivity contribution >= 4 is 0 Å². The van der Waals surface area contributed by atoms with Crippen LogP contribution in [0, 0.1) is 0 Å². The smallest absolute Gasteiger partial charge is 0.106 e. The van der Waals surface area contributed by atoms with Crippen LogP contribution in [0.2, 0.25) is 0 Å². The summed E-state index contributed by atoms with van der Waals surface area (Å²) in [5.74, 6) is 0. The summed E-state index contributed by atoms with van der Waals surface area (Å²) in [6.45, 7) is 6.44. The van der Waals surface area contributed by atoms with Crippen molar-refractivity contribution < 1.29 is 10.2 Å². The van der Waals surface area contributed by atoms with Gasteiger partial charge in [0.2, 0.25) is 0 Å². The molecule has 0 amide bonds. The van der Waals surface area contributed by atoms with E-state index in [0.29, 0.717) is 6.54 Å². The van der Waals surface area contributed by atoms with Crippen molar-refractivity contribution in [3.63, 3.8) is 0 Å². The van der Waals surface area contributed by atoms with E-state index >= 15 is 0 Å². The summed E-state index contributed by atoms with van der Waals surface area (Å²) in [6, 6.07) is 9.21. The fourth-order valence-corrected chi connectivity index (χ4v) is 1.39. The normalized spacial score (nSPS) is 15.8. The third-order valence-corrected chi connectivity index (χ3v) is 2.35. The van der Waals surface area contributed by atoms with Gasteiger partial charge in [-0.05, 0) is 26.3 Å². The standard InChI is InChI=1S/C13H21NO2/c1-13(2,3)14-9-11(15)12(16)10-7-5-4-6-8-10/h4-8,11-12,14-16H,9H2,1-3H3. The highest BCUT2D eigenvalue weighted by atomic mass is 16.3. The summed E-state index contributed by atoms with van der Waals surface area (Å²) in [5, 5.41) is 22.9. The van der Waals surface area contributed by atoms with Crippen molar-refractivity contribution in [2.24, 2.45) is 0 Å². The van der Waals surface area contributed by atoms with Gasteiger partial charge in [0.1, 0.15) is 6.10 Å². The molecule has 0 heterocycles. The van der Waals surface area contributed by atoms with Crippen molar-refractivity contribution in [3.8, 4) is 0 Å². The molecule has 1 rings (SSSR count). The lowest BCUT2D eigenvalue weighted by molar-refractivity contribution is 0.0158. The fourth-order valence-electron chi connectivity index (χ4n) is 1.39. The number of hydrogen-bond donors (Lipinski definition) is 3. The maximum Gasteiger partial charge on any atom is 0.106 e. The van der Waals surface area contributed by atoms with Crippen molar-refractivity contribution in [1.82, 2.24) is 5.32 Å². The van der Waals surface area contributed by atoms with Crippen LogP contribution in [0.3, 0.4) is 0 Å². The van der Waals surface area contributed by atoms with Crippen LogP contribution < -0.4 is 5.32 Å². The van der Waals surface area contributed by atoms with Crippen molar-refractivity contribution in [1.29, 1.82) is 0 Å². The Labute approximate surface area is 97.1 Å². The number of β-amino-alcohol motifs (C(OH)–C–C–N with tert-alkyl or cyclic N) is 1. The van der Waals surface area contributed by atoms with Crippen LogP contribution in [0.15, 0.2) is 30.3 Å². The van der Waals surface area contributed by atoms with Crippen LogP contribution in [-0.2, 0) is 0 Å². The Morgan fingerprint density at radius 1 is 1.12 bits per heavy atom. The molecule has 0 spiro atoms. The van der Waals surface area contributed by atoms with E-state index in [4.69, 9.17) is 0 Å². The number of benzene rings is 1. The van der Waals surface area contributed by atoms with Gasteiger partial charge in [0.15, 0.2) is 0 Å². The van der Waals surface area contributed by atoms with E-state index in [1.54, 1.807) is 0 Å². The Kier molecular flexibility index (Phi) is 4.47. The van der Waals surface area contributed by atoms with Gasteiger partial charge in [0.05, 0.1) is 6.10 Å². The monoisotopic (exact) mass is 223 g/mol. The molecular formula is C13H21NO2. The maximum atomic E-state index is 9.90. The summed E-state index contributed by atoms with van der Waals surface area (Å²) < 4.78 is 0. The fraction of sp³-hybridized carbons (Fsp3) is 0.538. The third kappa shape index (κ3) is 4.31. The molecule has 2 atom stereocenters. The first-order valence-corrected chi connectivity index (χ1v) is 5.56. The largest absolute Gasteiger partial charge is 0.389 e. The predicted octanol–water partition coefficient (Wildman–Crippen LogP) is 1.47. The van der Waals surface area contributed by atoms with E-state index in [2.05, 4.69) is 5.32 Å². The Balaban J connectivity index is 2.52. The average Bonchev–Trinajstić information content (AvgIpc) is 2.25. The summed E-state index contributed by atoms with van der Waals surface area (Å²) in [5.41, 5.74) is 0.683. The first kappa shape index (κ1) is 13.2. The first-order chi connectivity index (χ1) is 7.40. The SMILES string of the molecule is CC(C)(C)NCC(O)C(O)c1ccccc1. The molecule has 16 heavy (non-hydrogen) atoms. The van der Waals surface area contributed by atoms with E-state index in [9.17, 15) is 10.2 Å². The van der Waals surface area contributed by atoms with E-state index in [1.807, 2.05) is 51.1 Å². The number of aliphatic hydroxyl groups excluding tert-OH is 2. The molecule has 0 aliphatic carbocycles. The van der Waals surface area contributed by atoms with Crippen LogP contribution in [0.5, 0.6) is 0 Å². The van der Waals surface area contributed by atoms with Gasteiger partial charge < -0.3 is 15.5 Å². The zero-order valence-electron chi connectivity index (χ0n) is 10.1. The highest BCUT2D eigenvalue weighted by molar-refractivity contribution is 5.18. The number of nitrogens with one attached hydrogen (secondary N) is 1. The van der Waals surface area contributed by atoms with Crippen LogP contribution >= 0.6 is 0 Å². The van der Waals surface area contributed by atoms with Gasteiger partial charge in [-0.1, -0.05) is 30.3 Å². The minimum atomic E-state index is -0.837. The van der Waals surface area contributed by atoms with Gasteiger partial charge >= 0.3 is 0 Å². The second-order valence-electron chi connectivity index (χ2n) is 5.05. The predicted molar refractivity (Wildman–Crippen MR) is 65.2 cm³/mol. The van der Waals surface area contributed by atoms with Crippen LogP contribution in [0.4, 0.5) is 0 Å².